The third-order valence-electron chi connectivity index (χ3n) is 4.62. The molecule has 0 amide bonds. The van der Waals surface area contributed by atoms with Gasteiger partial charge in [-0.15, -0.1) is 0 Å². The lowest BCUT2D eigenvalue weighted by atomic mass is 10.1. The first kappa shape index (κ1) is 20.8. The van der Waals surface area contributed by atoms with Gasteiger partial charge in [0.1, 0.15) is 29.4 Å². The average molecular weight is 367 g/mol. The molecule has 3 nitrogen and oxygen atoms in total. The Morgan fingerprint density at radius 3 is 1.67 bits per heavy atom. The highest BCUT2D eigenvalue weighted by atomic mass is 16.5. The lowest BCUT2D eigenvalue weighted by Gasteiger charge is -2.18. The maximum absolute atomic E-state index is 5.30. The molecule has 27 heavy (non-hydrogen) atoms. The minimum absolute atomic E-state index is 0.876. The Hall–Kier alpha value is -2.52. The van der Waals surface area contributed by atoms with Gasteiger partial charge in [0.05, 0.1) is 14.2 Å². The van der Waals surface area contributed by atoms with E-state index >= 15 is 0 Å². The molecule has 0 atom stereocenters. The smallest absolute Gasteiger partial charge is 0.136 e. The molecule has 0 spiro atoms. The highest BCUT2D eigenvalue weighted by Gasteiger charge is 2.15. The van der Waals surface area contributed by atoms with Gasteiger partial charge in [-0.1, -0.05) is 17.2 Å². The van der Waals surface area contributed by atoms with E-state index in [1.54, 1.807) is 14.2 Å². The van der Waals surface area contributed by atoms with Crippen molar-refractivity contribution in [2.45, 2.75) is 33.6 Å². The largest absolute Gasteiger partial charge is 0.497 e. The molecule has 0 radical (unpaired) electrons. The Kier molecular flexibility index (Phi) is 8.15. The van der Waals surface area contributed by atoms with E-state index in [-0.39, 0.29) is 0 Å². The number of rotatable bonds is 9. The summed E-state index contributed by atoms with van der Waals surface area (Å²) in [5.41, 5.74) is 5.24. The first-order chi connectivity index (χ1) is 13.0. The van der Waals surface area contributed by atoms with Gasteiger partial charge in [0.25, 0.3) is 0 Å². The molecule has 0 aliphatic carbocycles. The Balaban J connectivity index is 2.21. The summed E-state index contributed by atoms with van der Waals surface area (Å²) in [5.74, 6) is 1.75. The fraction of sp³-hybridized carbons (Fsp3) is 0.333. The minimum Gasteiger partial charge on any atom is -0.497 e. The van der Waals surface area contributed by atoms with Crippen LogP contribution in [0.15, 0.2) is 71.8 Å². The number of hydrogen-bond donors (Lipinski definition) is 1. The highest BCUT2D eigenvalue weighted by molar-refractivity contribution is 5.42. The number of methoxy groups -OCH3 is 2. The summed E-state index contributed by atoms with van der Waals surface area (Å²) in [4.78, 5) is 1.31. The highest BCUT2D eigenvalue weighted by Crippen LogP contribution is 2.17. The number of ether oxygens (including phenoxy) is 2. The van der Waals surface area contributed by atoms with Gasteiger partial charge >= 0.3 is 0 Å². The second-order valence-electron chi connectivity index (χ2n) is 7.01. The summed E-state index contributed by atoms with van der Waals surface area (Å²) in [5, 5.41) is 0. The third-order valence-corrected chi connectivity index (χ3v) is 4.62. The van der Waals surface area contributed by atoms with Gasteiger partial charge in [-0.25, -0.2) is 0 Å². The van der Waals surface area contributed by atoms with Crippen LogP contribution in [-0.2, 0) is 0 Å². The van der Waals surface area contributed by atoms with Crippen molar-refractivity contribution in [2.75, 3.05) is 20.8 Å². The molecule has 0 fully saturated rings. The molecular formula is C24H32NO2+. The molecule has 0 aromatic heterocycles. The summed E-state index contributed by atoms with van der Waals surface area (Å²) in [7, 11) is 3.39. The molecule has 0 aliphatic rings. The molecule has 0 bridgehead atoms. The van der Waals surface area contributed by atoms with E-state index in [9.17, 15) is 0 Å². The molecule has 1 N–H and O–H groups in total. The fourth-order valence-corrected chi connectivity index (χ4v) is 2.95. The molecule has 3 heteroatoms. The van der Waals surface area contributed by atoms with E-state index in [0.717, 1.165) is 30.9 Å². The van der Waals surface area contributed by atoms with Crippen molar-refractivity contribution < 1.29 is 14.4 Å². The molecular weight excluding hydrogens is 334 g/mol. The second-order valence-corrected chi connectivity index (χ2v) is 7.01. The van der Waals surface area contributed by atoms with Crippen molar-refractivity contribution in [2.24, 2.45) is 0 Å². The van der Waals surface area contributed by atoms with Crippen molar-refractivity contribution in [3.63, 3.8) is 0 Å². The Labute approximate surface area is 163 Å². The SMILES string of the molecule is COc1ccc([NH+](C/C=C(\C)CCC=C(C)C)c2ccc(OC)cc2)cc1. The molecule has 0 aliphatic heterocycles. The molecule has 144 valence electrons. The summed E-state index contributed by atoms with van der Waals surface area (Å²) in [6.45, 7) is 7.42. The van der Waals surface area contributed by atoms with Gasteiger partial charge in [-0.05, 0) is 64.0 Å². The standard InChI is InChI=1S/C24H31NO2/c1-19(2)7-6-8-20(3)17-18-25(21-9-13-23(26-4)14-10-21)22-11-15-24(27-5)16-12-22/h7,9-17H,6,8,18H2,1-5H3/p+1/b20-17+. The van der Waals surface area contributed by atoms with E-state index in [0.29, 0.717) is 0 Å². The zero-order valence-electron chi connectivity index (χ0n) is 17.2. The van der Waals surface area contributed by atoms with E-state index in [1.165, 1.54) is 27.4 Å². The molecule has 0 heterocycles. The Morgan fingerprint density at radius 1 is 0.778 bits per heavy atom. The van der Waals surface area contributed by atoms with E-state index in [4.69, 9.17) is 9.47 Å². The minimum atomic E-state index is 0.876. The van der Waals surface area contributed by atoms with Crippen LogP contribution in [0.4, 0.5) is 11.4 Å². The lowest BCUT2D eigenvalue weighted by Crippen LogP contribution is -3.01. The average Bonchev–Trinajstić information content (AvgIpc) is 2.69. The van der Waals surface area contributed by atoms with Crippen molar-refractivity contribution in [1.82, 2.24) is 0 Å². The molecule has 2 aromatic carbocycles. The quantitative estimate of drug-likeness (QED) is 0.613. The summed E-state index contributed by atoms with van der Waals surface area (Å²) < 4.78 is 10.6. The van der Waals surface area contributed by atoms with Crippen molar-refractivity contribution in [3.8, 4) is 11.5 Å². The molecule has 0 saturated carbocycles. The third kappa shape index (κ3) is 6.61. The predicted molar refractivity (Wildman–Crippen MR) is 114 cm³/mol. The lowest BCUT2D eigenvalue weighted by molar-refractivity contribution is -0.752. The van der Waals surface area contributed by atoms with Crippen LogP contribution in [0.2, 0.25) is 0 Å². The van der Waals surface area contributed by atoms with Crippen molar-refractivity contribution in [3.05, 3.63) is 71.8 Å². The molecule has 0 saturated heterocycles. The fourth-order valence-electron chi connectivity index (χ4n) is 2.95. The Bertz CT molecular complexity index is 706. The number of quaternary nitrogens is 1. The first-order valence-electron chi connectivity index (χ1n) is 9.47. The van der Waals surface area contributed by atoms with E-state index in [2.05, 4.69) is 57.2 Å². The van der Waals surface area contributed by atoms with Gasteiger partial charge < -0.3 is 9.47 Å². The van der Waals surface area contributed by atoms with E-state index in [1.807, 2.05) is 24.3 Å². The zero-order valence-corrected chi connectivity index (χ0v) is 17.2. The summed E-state index contributed by atoms with van der Waals surface area (Å²) in [6.07, 6.45) is 6.85. The predicted octanol–water partition coefficient (Wildman–Crippen LogP) is 5.24. The van der Waals surface area contributed by atoms with Crippen LogP contribution in [0.1, 0.15) is 33.6 Å². The first-order valence-corrected chi connectivity index (χ1v) is 9.47. The van der Waals surface area contributed by atoms with Gasteiger partial charge in [0.15, 0.2) is 0 Å². The normalized spacial score (nSPS) is 11.4. The van der Waals surface area contributed by atoms with Gasteiger partial charge in [0, 0.05) is 24.3 Å². The number of benzene rings is 2. The van der Waals surface area contributed by atoms with Gasteiger partial charge in [-0.2, -0.15) is 0 Å². The van der Waals surface area contributed by atoms with Crippen LogP contribution in [-0.4, -0.2) is 20.8 Å². The number of nitrogens with one attached hydrogen (secondary N) is 1. The maximum atomic E-state index is 5.30. The zero-order chi connectivity index (χ0) is 19.6. The number of allylic oxidation sites excluding steroid dienone is 3. The van der Waals surface area contributed by atoms with Crippen LogP contribution < -0.4 is 14.4 Å². The maximum Gasteiger partial charge on any atom is 0.136 e. The van der Waals surface area contributed by atoms with Gasteiger partial charge in [-0.3, -0.25) is 4.90 Å². The van der Waals surface area contributed by atoms with Crippen LogP contribution >= 0.6 is 0 Å². The Morgan fingerprint density at radius 2 is 1.26 bits per heavy atom. The summed E-state index contributed by atoms with van der Waals surface area (Å²) >= 11 is 0. The van der Waals surface area contributed by atoms with Gasteiger partial charge in [0.2, 0.25) is 0 Å². The molecule has 0 unspecified atom stereocenters. The van der Waals surface area contributed by atoms with Crippen LogP contribution in [0.5, 0.6) is 11.5 Å². The van der Waals surface area contributed by atoms with Crippen LogP contribution in [0, 0.1) is 0 Å². The molecule has 2 aromatic rings. The van der Waals surface area contributed by atoms with E-state index < -0.39 is 0 Å². The molecule has 2 rings (SSSR count). The summed E-state index contributed by atoms with van der Waals surface area (Å²) in [6, 6.07) is 16.6. The van der Waals surface area contributed by atoms with Crippen LogP contribution in [0.3, 0.4) is 0 Å². The number of hydrogen-bond acceptors (Lipinski definition) is 2. The second kappa shape index (κ2) is 10.6. The van der Waals surface area contributed by atoms with Crippen LogP contribution in [0.25, 0.3) is 0 Å². The monoisotopic (exact) mass is 366 g/mol. The topological polar surface area (TPSA) is 22.9 Å². The van der Waals surface area contributed by atoms with Crippen molar-refractivity contribution >= 4 is 11.4 Å². The van der Waals surface area contributed by atoms with Crippen molar-refractivity contribution in [1.29, 1.82) is 0 Å².